The van der Waals surface area contributed by atoms with Gasteiger partial charge in [-0.25, -0.2) is 4.79 Å². The van der Waals surface area contributed by atoms with E-state index in [9.17, 15) is 4.79 Å². The van der Waals surface area contributed by atoms with Crippen LogP contribution < -0.4 is 10.2 Å². The molecule has 0 bridgehead atoms. The minimum atomic E-state index is 0. The van der Waals surface area contributed by atoms with Crippen molar-refractivity contribution >= 4 is 35.7 Å². The van der Waals surface area contributed by atoms with E-state index in [0.29, 0.717) is 0 Å². The highest BCUT2D eigenvalue weighted by Crippen LogP contribution is 2.47. The second-order valence-electron chi connectivity index (χ2n) is 5.95. The second-order valence-corrected chi connectivity index (χ2v) is 6.39. The van der Waals surface area contributed by atoms with E-state index in [2.05, 4.69) is 5.32 Å². The fourth-order valence-corrected chi connectivity index (χ4v) is 3.56. The Kier molecular flexibility index (Phi) is 4.71. The van der Waals surface area contributed by atoms with E-state index < -0.39 is 0 Å². The van der Waals surface area contributed by atoms with Crippen LogP contribution in [0.5, 0.6) is 0 Å². The van der Waals surface area contributed by atoms with Crippen LogP contribution in [0.15, 0.2) is 18.2 Å². The Morgan fingerprint density at radius 2 is 2.00 bits per heavy atom. The van der Waals surface area contributed by atoms with Gasteiger partial charge in [-0.05, 0) is 49.7 Å². The summed E-state index contributed by atoms with van der Waals surface area (Å²) in [5, 5.41) is 4.15. The molecule has 0 aromatic heterocycles. The molecule has 1 fully saturated rings. The molecule has 2 aliphatic heterocycles. The van der Waals surface area contributed by atoms with Gasteiger partial charge in [0.15, 0.2) is 0 Å². The lowest BCUT2D eigenvalue weighted by Gasteiger charge is -2.35. The van der Waals surface area contributed by atoms with E-state index >= 15 is 0 Å². The number of nitrogens with one attached hydrogen (secondary N) is 1. The summed E-state index contributed by atoms with van der Waals surface area (Å²) in [4.78, 5) is 16.0. The van der Waals surface area contributed by atoms with Crippen LogP contribution in [-0.4, -0.2) is 44.7 Å². The van der Waals surface area contributed by atoms with E-state index in [0.717, 1.165) is 43.2 Å². The predicted octanol–water partition coefficient (Wildman–Crippen LogP) is 2.88. The highest BCUT2D eigenvalue weighted by Gasteiger charge is 2.45. The van der Waals surface area contributed by atoms with E-state index in [1.54, 1.807) is 19.0 Å². The molecule has 2 aliphatic rings. The summed E-state index contributed by atoms with van der Waals surface area (Å²) in [6.45, 7) is 2.76. The zero-order chi connectivity index (χ0) is 14.3. The smallest absolute Gasteiger partial charge is 0.323 e. The number of carbonyl (C=O) groups excluding carboxylic acids is 1. The zero-order valence-electron chi connectivity index (χ0n) is 12.4. The van der Waals surface area contributed by atoms with Gasteiger partial charge < -0.3 is 10.2 Å². The summed E-state index contributed by atoms with van der Waals surface area (Å²) in [5.74, 6) is 0. The number of piperidine rings is 1. The zero-order valence-corrected chi connectivity index (χ0v) is 13.9. The number of halogens is 2. The number of nitrogens with zero attached hydrogens (tertiary/aromatic N) is 2. The summed E-state index contributed by atoms with van der Waals surface area (Å²) in [7, 11) is 3.59. The van der Waals surface area contributed by atoms with E-state index in [1.807, 2.05) is 23.1 Å². The van der Waals surface area contributed by atoms with E-state index in [1.165, 1.54) is 5.56 Å². The molecule has 2 heterocycles. The van der Waals surface area contributed by atoms with E-state index in [-0.39, 0.29) is 23.9 Å². The summed E-state index contributed by atoms with van der Waals surface area (Å²) in [6.07, 6.45) is 2.11. The molecular weight excluding hydrogens is 309 g/mol. The number of urea groups is 1. The van der Waals surface area contributed by atoms with Crippen molar-refractivity contribution in [3.05, 3.63) is 28.8 Å². The van der Waals surface area contributed by atoms with Crippen molar-refractivity contribution in [1.29, 1.82) is 0 Å². The number of rotatable bonds is 0. The van der Waals surface area contributed by atoms with Gasteiger partial charge in [-0.1, -0.05) is 11.6 Å². The first-order valence-corrected chi connectivity index (χ1v) is 7.41. The fourth-order valence-electron chi connectivity index (χ4n) is 3.39. The van der Waals surface area contributed by atoms with Gasteiger partial charge in [0.1, 0.15) is 0 Å². The first-order chi connectivity index (χ1) is 9.53. The Hall–Kier alpha value is -0.970. The number of hydrogen-bond acceptors (Lipinski definition) is 2. The Morgan fingerprint density at radius 1 is 1.33 bits per heavy atom. The van der Waals surface area contributed by atoms with Crippen LogP contribution in [0.1, 0.15) is 18.4 Å². The lowest BCUT2D eigenvalue weighted by atomic mass is 9.75. The van der Waals surface area contributed by atoms with Crippen LogP contribution >= 0.6 is 24.0 Å². The molecule has 6 heteroatoms. The molecule has 1 aromatic carbocycles. The molecule has 0 atom stereocenters. The summed E-state index contributed by atoms with van der Waals surface area (Å²) in [5.41, 5.74) is 2.33. The lowest BCUT2D eigenvalue weighted by Crippen LogP contribution is -2.46. The van der Waals surface area contributed by atoms with Gasteiger partial charge in [0.05, 0.1) is 0 Å². The van der Waals surface area contributed by atoms with Crippen molar-refractivity contribution in [2.45, 2.75) is 18.3 Å². The largest absolute Gasteiger partial charge is 0.330 e. The minimum Gasteiger partial charge on any atom is -0.330 e. The first-order valence-electron chi connectivity index (χ1n) is 7.03. The molecule has 116 valence electrons. The summed E-state index contributed by atoms with van der Waals surface area (Å²) >= 11 is 6.19. The van der Waals surface area contributed by atoms with Crippen molar-refractivity contribution in [2.75, 3.05) is 38.6 Å². The summed E-state index contributed by atoms with van der Waals surface area (Å²) < 4.78 is 0. The number of anilines is 1. The first kappa shape index (κ1) is 16.4. The van der Waals surface area contributed by atoms with Crippen molar-refractivity contribution in [2.24, 2.45) is 0 Å². The van der Waals surface area contributed by atoms with Crippen molar-refractivity contribution < 1.29 is 4.79 Å². The third kappa shape index (κ3) is 2.72. The average Bonchev–Trinajstić information content (AvgIpc) is 2.73. The quantitative estimate of drug-likeness (QED) is 0.794. The molecule has 0 aliphatic carbocycles. The van der Waals surface area contributed by atoms with Gasteiger partial charge in [0.25, 0.3) is 0 Å². The number of amides is 2. The third-order valence-electron chi connectivity index (χ3n) is 4.46. The molecule has 1 saturated heterocycles. The average molecular weight is 330 g/mol. The van der Waals surface area contributed by atoms with Crippen LogP contribution in [0, 0.1) is 0 Å². The van der Waals surface area contributed by atoms with Crippen LogP contribution in [0.25, 0.3) is 0 Å². The fraction of sp³-hybridized carbons (Fsp3) is 0.533. The molecule has 1 N–H and O–H groups in total. The van der Waals surface area contributed by atoms with E-state index in [4.69, 9.17) is 11.6 Å². The van der Waals surface area contributed by atoms with Crippen molar-refractivity contribution in [3.63, 3.8) is 0 Å². The van der Waals surface area contributed by atoms with Crippen LogP contribution in [0.2, 0.25) is 5.02 Å². The molecule has 4 nitrogen and oxygen atoms in total. The Balaban J connectivity index is 0.00000161. The third-order valence-corrected chi connectivity index (χ3v) is 4.69. The van der Waals surface area contributed by atoms with Gasteiger partial charge in [-0.2, -0.15) is 0 Å². The van der Waals surface area contributed by atoms with Crippen molar-refractivity contribution in [3.8, 4) is 0 Å². The van der Waals surface area contributed by atoms with Crippen molar-refractivity contribution in [1.82, 2.24) is 10.2 Å². The molecule has 3 rings (SSSR count). The van der Waals surface area contributed by atoms with Crippen LogP contribution in [0.4, 0.5) is 10.5 Å². The van der Waals surface area contributed by atoms with Gasteiger partial charge >= 0.3 is 6.03 Å². The van der Waals surface area contributed by atoms with Gasteiger partial charge in [0, 0.05) is 36.8 Å². The second kappa shape index (κ2) is 6.03. The number of fused-ring (bicyclic) bond motifs is 2. The maximum atomic E-state index is 12.4. The Bertz CT molecular complexity index is 542. The minimum absolute atomic E-state index is 0. The lowest BCUT2D eigenvalue weighted by molar-refractivity contribution is 0.221. The number of benzene rings is 1. The molecular formula is C15H21Cl2N3O. The molecule has 0 radical (unpaired) electrons. The molecule has 1 spiro atoms. The van der Waals surface area contributed by atoms with Crippen LogP contribution in [-0.2, 0) is 5.41 Å². The van der Waals surface area contributed by atoms with Gasteiger partial charge in [-0.15, -0.1) is 12.4 Å². The molecule has 2 amide bonds. The molecule has 21 heavy (non-hydrogen) atoms. The van der Waals surface area contributed by atoms with Gasteiger partial charge in [-0.3, -0.25) is 4.90 Å². The topological polar surface area (TPSA) is 35.6 Å². The van der Waals surface area contributed by atoms with Crippen LogP contribution in [0.3, 0.4) is 0 Å². The SMILES string of the molecule is CN(C)C(=O)N1CC2(CCNCC2)c2cc(Cl)ccc21.Cl. The monoisotopic (exact) mass is 329 g/mol. The molecule has 1 aromatic rings. The number of carbonyl (C=O) groups is 1. The Morgan fingerprint density at radius 3 is 2.62 bits per heavy atom. The predicted molar refractivity (Wildman–Crippen MR) is 88.9 cm³/mol. The normalized spacial score (nSPS) is 19.1. The maximum absolute atomic E-state index is 12.4. The molecule has 0 saturated carbocycles. The number of hydrogen-bond donors (Lipinski definition) is 1. The van der Waals surface area contributed by atoms with Gasteiger partial charge in [0.2, 0.25) is 0 Å². The maximum Gasteiger partial charge on any atom is 0.323 e. The molecule has 0 unspecified atom stereocenters. The highest BCUT2D eigenvalue weighted by atomic mass is 35.5. The Labute approximate surface area is 136 Å². The standard InChI is InChI=1S/C15H20ClN3O.ClH/c1-18(2)14(20)19-10-15(5-7-17-8-6-15)12-9-11(16)3-4-13(12)19;/h3-4,9,17H,5-8,10H2,1-2H3;1H. The highest BCUT2D eigenvalue weighted by molar-refractivity contribution is 6.30. The summed E-state index contributed by atoms with van der Waals surface area (Å²) in [6, 6.07) is 5.95.